The van der Waals surface area contributed by atoms with Crippen LogP contribution in [0, 0.1) is 0 Å². The Kier molecular flexibility index (Phi) is 3.44. The lowest BCUT2D eigenvalue weighted by Crippen LogP contribution is -2.03. The first-order valence-corrected chi connectivity index (χ1v) is 5.03. The van der Waals surface area contributed by atoms with Crippen molar-refractivity contribution >= 4 is 6.29 Å². The van der Waals surface area contributed by atoms with Crippen LogP contribution in [0.25, 0.3) is 0 Å². The van der Waals surface area contributed by atoms with E-state index in [2.05, 4.69) is 31.9 Å². The highest BCUT2D eigenvalue weighted by molar-refractivity contribution is 5.51. The molecular formula is C11H18N2O. The molecule has 3 heteroatoms. The molecule has 0 radical (unpaired) electrons. The van der Waals surface area contributed by atoms with Crippen LogP contribution in [0.5, 0.6) is 0 Å². The van der Waals surface area contributed by atoms with Crippen molar-refractivity contribution in [1.82, 2.24) is 9.78 Å². The molecule has 0 aliphatic rings. The standard InChI is InChI=1S/C11H18N2O/c1-8(2)10-7-11(13(4)12-10)9(3)5-6-14/h6-9H,5H2,1-4H3. The smallest absolute Gasteiger partial charge is 0.120 e. The zero-order chi connectivity index (χ0) is 10.7. The maximum absolute atomic E-state index is 10.4. The van der Waals surface area contributed by atoms with Gasteiger partial charge >= 0.3 is 0 Å². The summed E-state index contributed by atoms with van der Waals surface area (Å²) in [4.78, 5) is 10.4. The highest BCUT2D eigenvalue weighted by Gasteiger charge is 2.13. The highest BCUT2D eigenvalue weighted by Crippen LogP contribution is 2.21. The summed E-state index contributed by atoms with van der Waals surface area (Å²) in [5, 5.41) is 4.41. The van der Waals surface area contributed by atoms with Gasteiger partial charge < -0.3 is 4.79 Å². The number of rotatable bonds is 4. The fourth-order valence-corrected chi connectivity index (χ4v) is 1.51. The predicted molar refractivity (Wildman–Crippen MR) is 56.4 cm³/mol. The lowest BCUT2D eigenvalue weighted by atomic mass is 10.0. The third-order valence-electron chi connectivity index (χ3n) is 2.48. The van der Waals surface area contributed by atoms with Crippen molar-refractivity contribution in [3.05, 3.63) is 17.5 Å². The molecule has 0 amide bonds. The topological polar surface area (TPSA) is 34.9 Å². The lowest BCUT2D eigenvalue weighted by Gasteiger charge is -2.06. The van der Waals surface area contributed by atoms with E-state index in [9.17, 15) is 4.79 Å². The summed E-state index contributed by atoms with van der Waals surface area (Å²) >= 11 is 0. The fraction of sp³-hybridized carbons (Fsp3) is 0.636. The fourth-order valence-electron chi connectivity index (χ4n) is 1.51. The average Bonchev–Trinajstić information content (AvgIpc) is 2.48. The van der Waals surface area contributed by atoms with Crippen molar-refractivity contribution in [2.45, 2.75) is 39.0 Å². The van der Waals surface area contributed by atoms with Gasteiger partial charge in [-0.15, -0.1) is 0 Å². The van der Waals surface area contributed by atoms with Crippen molar-refractivity contribution in [3.63, 3.8) is 0 Å². The Bertz CT molecular complexity index is 315. The number of aryl methyl sites for hydroxylation is 1. The van der Waals surface area contributed by atoms with Gasteiger partial charge in [0.1, 0.15) is 6.29 Å². The normalized spacial score (nSPS) is 13.2. The van der Waals surface area contributed by atoms with E-state index in [1.807, 2.05) is 11.7 Å². The molecule has 1 rings (SSSR count). The van der Waals surface area contributed by atoms with E-state index in [-0.39, 0.29) is 5.92 Å². The molecule has 1 aromatic heterocycles. The van der Waals surface area contributed by atoms with E-state index in [0.717, 1.165) is 17.7 Å². The van der Waals surface area contributed by atoms with Gasteiger partial charge in [0.25, 0.3) is 0 Å². The second kappa shape index (κ2) is 4.40. The Morgan fingerprint density at radius 1 is 1.50 bits per heavy atom. The molecule has 1 atom stereocenters. The maximum atomic E-state index is 10.4. The van der Waals surface area contributed by atoms with Crippen molar-refractivity contribution in [1.29, 1.82) is 0 Å². The Labute approximate surface area is 85.1 Å². The number of aromatic nitrogens is 2. The summed E-state index contributed by atoms with van der Waals surface area (Å²) in [6.07, 6.45) is 1.53. The molecule has 0 saturated heterocycles. The molecule has 0 saturated carbocycles. The second-order valence-corrected chi connectivity index (χ2v) is 4.08. The second-order valence-electron chi connectivity index (χ2n) is 4.08. The number of aldehydes is 1. The van der Waals surface area contributed by atoms with Crippen molar-refractivity contribution in [2.24, 2.45) is 7.05 Å². The van der Waals surface area contributed by atoms with E-state index in [1.54, 1.807) is 0 Å². The minimum absolute atomic E-state index is 0.262. The van der Waals surface area contributed by atoms with Crippen LogP contribution in [0.2, 0.25) is 0 Å². The van der Waals surface area contributed by atoms with Crippen molar-refractivity contribution < 1.29 is 4.79 Å². The molecule has 0 aromatic carbocycles. The van der Waals surface area contributed by atoms with Crippen molar-refractivity contribution in [2.75, 3.05) is 0 Å². The molecule has 3 nitrogen and oxygen atoms in total. The average molecular weight is 194 g/mol. The first-order valence-electron chi connectivity index (χ1n) is 5.03. The van der Waals surface area contributed by atoms with E-state index < -0.39 is 0 Å². The van der Waals surface area contributed by atoms with Gasteiger partial charge in [0.15, 0.2) is 0 Å². The maximum Gasteiger partial charge on any atom is 0.120 e. The lowest BCUT2D eigenvalue weighted by molar-refractivity contribution is -0.108. The number of carbonyl (C=O) groups excluding carboxylic acids is 1. The first kappa shape index (κ1) is 11.0. The minimum atomic E-state index is 0.262. The van der Waals surface area contributed by atoms with Crippen LogP contribution >= 0.6 is 0 Å². The number of nitrogens with zero attached hydrogens (tertiary/aromatic N) is 2. The van der Waals surface area contributed by atoms with Crippen LogP contribution in [0.1, 0.15) is 50.4 Å². The van der Waals surface area contributed by atoms with Crippen LogP contribution in [0.3, 0.4) is 0 Å². The van der Waals surface area contributed by atoms with Gasteiger partial charge in [0, 0.05) is 25.1 Å². The van der Waals surface area contributed by atoms with Gasteiger partial charge in [0.2, 0.25) is 0 Å². The van der Waals surface area contributed by atoms with Crippen LogP contribution < -0.4 is 0 Å². The Morgan fingerprint density at radius 2 is 2.14 bits per heavy atom. The molecule has 0 fully saturated rings. The highest BCUT2D eigenvalue weighted by atomic mass is 16.1. The summed E-state index contributed by atoms with van der Waals surface area (Å²) < 4.78 is 1.88. The molecule has 0 N–H and O–H groups in total. The molecule has 1 unspecified atom stereocenters. The van der Waals surface area contributed by atoms with Crippen LogP contribution in [-0.2, 0) is 11.8 Å². The van der Waals surface area contributed by atoms with Crippen LogP contribution in [-0.4, -0.2) is 16.1 Å². The first-order chi connectivity index (χ1) is 6.56. The van der Waals surface area contributed by atoms with Gasteiger partial charge in [-0.3, -0.25) is 4.68 Å². The van der Waals surface area contributed by atoms with Crippen LogP contribution in [0.4, 0.5) is 0 Å². The van der Waals surface area contributed by atoms with Crippen LogP contribution in [0.15, 0.2) is 6.07 Å². The van der Waals surface area contributed by atoms with E-state index in [1.165, 1.54) is 0 Å². The van der Waals surface area contributed by atoms with E-state index >= 15 is 0 Å². The molecule has 1 heterocycles. The summed E-state index contributed by atoms with van der Waals surface area (Å²) in [5.74, 6) is 0.705. The summed E-state index contributed by atoms with van der Waals surface area (Å²) in [5.41, 5.74) is 2.24. The summed E-state index contributed by atoms with van der Waals surface area (Å²) in [6, 6.07) is 2.10. The Balaban J connectivity index is 2.91. The summed E-state index contributed by atoms with van der Waals surface area (Å²) in [6.45, 7) is 6.29. The minimum Gasteiger partial charge on any atom is -0.303 e. The zero-order valence-corrected chi connectivity index (χ0v) is 9.32. The summed E-state index contributed by atoms with van der Waals surface area (Å²) in [7, 11) is 1.93. The van der Waals surface area contributed by atoms with Gasteiger partial charge in [-0.25, -0.2) is 0 Å². The number of hydrogen-bond donors (Lipinski definition) is 0. The zero-order valence-electron chi connectivity index (χ0n) is 9.32. The van der Waals surface area contributed by atoms with Gasteiger partial charge in [0.05, 0.1) is 5.69 Å². The van der Waals surface area contributed by atoms with Gasteiger partial charge in [-0.2, -0.15) is 5.10 Å². The number of carbonyl (C=O) groups is 1. The molecule has 1 aromatic rings. The monoisotopic (exact) mass is 194 g/mol. The molecule has 0 aliphatic heterocycles. The molecule has 0 bridgehead atoms. The van der Waals surface area contributed by atoms with E-state index in [0.29, 0.717) is 12.3 Å². The molecule has 14 heavy (non-hydrogen) atoms. The predicted octanol–water partition coefficient (Wildman–Crippen LogP) is 2.24. The quantitative estimate of drug-likeness (QED) is 0.689. The molecule has 0 aliphatic carbocycles. The third-order valence-corrected chi connectivity index (χ3v) is 2.48. The molecule has 78 valence electrons. The third kappa shape index (κ3) is 2.22. The molecular weight excluding hydrogens is 176 g/mol. The Hall–Kier alpha value is -1.12. The largest absolute Gasteiger partial charge is 0.303 e. The van der Waals surface area contributed by atoms with Gasteiger partial charge in [-0.05, 0) is 12.0 Å². The van der Waals surface area contributed by atoms with Crippen molar-refractivity contribution in [3.8, 4) is 0 Å². The van der Waals surface area contributed by atoms with Gasteiger partial charge in [-0.1, -0.05) is 20.8 Å². The van der Waals surface area contributed by atoms with E-state index in [4.69, 9.17) is 0 Å². The Morgan fingerprint density at radius 3 is 2.57 bits per heavy atom. The number of hydrogen-bond acceptors (Lipinski definition) is 2. The SMILES string of the molecule is CC(C)c1cc(C(C)CC=O)n(C)n1. The molecule has 0 spiro atoms.